The Morgan fingerprint density at radius 2 is 2.00 bits per heavy atom. The van der Waals surface area contributed by atoms with Crippen LogP contribution in [-0.4, -0.2) is 30.3 Å². The monoisotopic (exact) mass is 435 g/mol. The maximum Gasteiger partial charge on any atom is 0.338 e. The average molecular weight is 435 g/mol. The van der Waals surface area contributed by atoms with Gasteiger partial charge in [0, 0.05) is 13.0 Å². The lowest BCUT2D eigenvalue weighted by Gasteiger charge is -2.08. The Kier molecular flexibility index (Phi) is 4.69. The van der Waals surface area contributed by atoms with Gasteiger partial charge in [-0.3, -0.25) is 4.79 Å². The third-order valence-corrected chi connectivity index (χ3v) is 5.37. The number of hydrogen-bond acceptors (Lipinski definition) is 6. The number of aryl methyl sites for hydroxylation is 1. The molecule has 32 heavy (non-hydrogen) atoms. The summed E-state index contributed by atoms with van der Waals surface area (Å²) in [6, 6.07) is 9.67. The van der Waals surface area contributed by atoms with E-state index < -0.39 is 23.0 Å². The summed E-state index contributed by atoms with van der Waals surface area (Å²) in [5.74, 6) is 0.335. The number of carbonyl (C=O) groups is 1. The molecule has 0 radical (unpaired) electrons. The molecule has 0 spiro atoms. The van der Waals surface area contributed by atoms with Gasteiger partial charge < -0.3 is 9.72 Å². The molecule has 0 unspecified atom stereocenters. The number of nitrogens with one attached hydrogen (secondary N) is 1. The minimum absolute atomic E-state index is 0.0571. The highest BCUT2D eigenvalue weighted by Crippen LogP contribution is 2.38. The summed E-state index contributed by atoms with van der Waals surface area (Å²) in [5.41, 5.74) is -1.36. The fourth-order valence-electron chi connectivity index (χ4n) is 3.49. The molecular weight excluding hydrogens is 417 g/mol. The number of halogens is 1. The second-order valence-electron chi connectivity index (χ2n) is 7.64. The van der Waals surface area contributed by atoms with Crippen molar-refractivity contribution >= 4 is 16.9 Å². The third-order valence-electron chi connectivity index (χ3n) is 5.37. The molecule has 5 rings (SSSR count). The van der Waals surface area contributed by atoms with E-state index in [-0.39, 0.29) is 28.8 Å². The molecule has 9 nitrogen and oxygen atoms in total. The van der Waals surface area contributed by atoms with Crippen molar-refractivity contribution in [1.29, 1.82) is 0 Å². The van der Waals surface area contributed by atoms with Gasteiger partial charge in [0.15, 0.2) is 18.3 Å². The summed E-state index contributed by atoms with van der Waals surface area (Å²) in [4.78, 5) is 44.8. The van der Waals surface area contributed by atoms with Gasteiger partial charge in [-0.05, 0) is 43.2 Å². The highest BCUT2D eigenvalue weighted by atomic mass is 19.1. The Morgan fingerprint density at radius 1 is 1.22 bits per heavy atom. The topological polar surface area (TPSA) is 112 Å². The lowest BCUT2D eigenvalue weighted by atomic mass is 10.1. The fraction of sp³-hybridized carbons (Fsp3) is 0.227. The maximum atomic E-state index is 14.1. The third kappa shape index (κ3) is 3.49. The molecule has 2 heterocycles. The Labute approximate surface area is 180 Å². The predicted molar refractivity (Wildman–Crippen MR) is 112 cm³/mol. The second kappa shape index (κ2) is 7.56. The van der Waals surface area contributed by atoms with Crippen LogP contribution < -0.4 is 11.2 Å². The molecule has 0 saturated heterocycles. The summed E-state index contributed by atoms with van der Waals surface area (Å²) in [6.07, 6.45) is 2.13. The molecule has 0 aliphatic heterocycles. The molecule has 0 atom stereocenters. The second-order valence-corrected chi connectivity index (χ2v) is 7.64. The maximum absolute atomic E-state index is 14.1. The molecular formula is C22H18FN5O4. The molecule has 1 aliphatic carbocycles. The number of para-hydroxylation sites is 1. The van der Waals surface area contributed by atoms with Crippen LogP contribution in [0.25, 0.3) is 16.6 Å². The number of H-pyrrole nitrogens is 1. The van der Waals surface area contributed by atoms with Crippen LogP contribution in [0.2, 0.25) is 0 Å². The quantitative estimate of drug-likeness (QED) is 0.481. The molecule has 1 N–H and O–H groups in total. The van der Waals surface area contributed by atoms with Gasteiger partial charge in [0.2, 0.25) is 0 Å². The van der Waals surface area contributed by atoms with Gasteiger partial charge >= 0.3 is 11.7 Å². The van der Waals surface area contributed by atoms with Gasteiger partial charge in [-0.15, -0.1) is 0 Å². The SMILES string of the molecule is Cn1nc(C2CC2)nc1COC(=O)c1ccc2c(=O)n(-c3ccccc3F)c(=O)[nH]c2c1. The van der Waals surface area contributed by atoms with Crippen LogP contribution in [0, 0.1) is 5.82 Å². The molecule has 0 amide bonds. The summed E-state index contributed by atoms with van der Waals surface area (Å²) in [5, 5.41) is 4.47. The first-order valence-electron chi connectivity index (χ1n) is 10.0. The van der Waals surface area contributed by atoms with Crippen molar-refractivity contribution in [3.05, 3.63) is 86.3 Å². The number of rotatable bonds is 5. The number of fused-ring (bicyclic) bond motifs is 1. The molecule has 2 aromatic heterocycles. The number of carbonyl (C=O) groups excluding carboxylic acids is 1. The summed E-state index contributed by atoms with van der Waals surface area (Å²) < 4.78 is 21.8. The standard InChI is InChI=1S/C22H18FN5O4/c1-27-18(25-19(26-27)12-6-7-12)11-32-21(30)13-8-9-14-16(10-13)24-22(31)28(20(14)29)17-5-3-2-4-15(17)23/h2-5,8-10,12H,6-7,11H2,1H3,(H,24,31). The Bertz CT molecular complexity index is 1480. The van der Waals surface area contributed by atoms with Crippen molar-refractivity contribution in [1.82, 2.24) is 24.3 Å². The smallest absolute Gasteiger partial charge is 0.338 e. The number of ether oxygens (including phenoxy) is 1. The van der Waals surface area contributed by atoms with Crippen molar-refractivity contribution in [3.63, 3.8) is 0 Å². The Balaban J connectivity index is 1.43. The van der Waals surface area contributed by atoms with E-state index in [0.29, 0.717) is 11.7 Å². The summed E-state index contributed by atoms with van der Waals surface area (Å²) >= 11 is 0. The number of nitrogens with zero attached hydrogens (tertiary/aromatic N) is 4. The highest BCUT2D eigenvalue weighted by Gasteiger charge is 2.28. The molecule has 1 saturated carbocycles. The zero-order valence-electron chi connectivity index (χ0n) is 17.0. The molecule has 1 fully saturated rings. The van der Waals surface area contributed by atoms with Gasteiger partial charge in [0.25, 0.3) is 5.56 Å². The van der Waals surface area contributed by atoms with Crippen LogP contribution in [0.3, 0.4) is 0 Å². The van der Waals surface area contributed by atoms with E-state index in [1.807, 2.05) is 0 Å². The van der Waals surface area contributed by atoms with Crippen molar-refractivity contribution in [2.45, 2.75) is 25.4 Å². The van der Waals surface area contributed by atoms with E-state index in [9.17, 15) is 18.8 Å². The number of aromatic nitrogens is 5. The average Bonchev–Trinajstić information content (AvgIpc) is 3.56. The molecule has 4 aromatic rings. The van der Waals surface area contributed by atoms with Crippen LogP contribution in [0.4, 0.5) is 4.39 Å². The van der Waals surface area contributed by atoms with E-state index in [1.165, 1.54) is 36.4 Å². The summed E-state index contributed by atoms with van der Waals surface area (Å²) in [7, 11) is 1.74. The lowest BCUT2D eigenvalue weighted by molar-refractivity contribution is 0.0458. The first-order valence-corrected chi connectivity index (χ1v) is 10.0. The zero-order chi connectivity index (χ0) is 22.4. The molecule has 1 aliphatic rings. The summed E-state index contributed by atoms with van der Waals surface area (Å²) in [6.45, 7) is -0.0571. The van der Waals surface area contributed by atoms with Crippen molar-refractivity contribution in [2.24, 2.45) is 7.05 Å². The number of benzene rings is 2. The zero-order valence-corrected chi connectivity index (χ0v) is 17.0. The van der Waals surface area contributed by atoms with Crippen LogP contribution in [0.15, 0.2) is 52.1 Å². The van der Waals surface area contributed by atoms with E-state index in [4.69, 9.17) is 4.74 Å². The van der Waals surface area contributed by atoms with Gasteiger partial charge in [-0.25, -0.2) is 28.2 Å². The van der Waals surface area contributed by atoms with Crippen molar-refractivity contribution in [3.8, 4) is 5.69 Å². The number of esters is 1. The van der Waals surface area contributed by atoms with Crippen molar-refractivity contribution in [2.75, 3.05) is 0 Å². The van der Waals surface area contributed by atoms with E-state index >= 15 is 0 Å². The van der Waals surface area contributed by atoms with Gasteiger partial charge in [-0.2, -0.15) is 5.10 Å². The molecule has 10 heteroatoms. The predicted octanol–water partition coefficient (Wildman–Crippen LogP) is 2.18. The first kappa shape index (κ1) is 19.9. The largest absolute Gasteiger partial charge is 0.454 e. The van der Waals surface area contributed by atoms with Crippen LogP contribution in [0.5, 0.6) is 0 Å². The minimum Gasteiger partial charge on any atom is -0.454 e. The molecule has 2 aromatic carbocycles. The Hall–Kier alpha value is -4.08. The Morgan fingerprint density at radius 3 is 2.75 bits per heavy atom. The van der Waals surface area contributed by atoms with Crippen molar-refractivity contribution < 1.29 is 13.9 Å². The normalized spacial score (nSPS) is 13.4. The number of hydrogen-bond donors (Lipinski definition) is 1. The van der Waals surface area contributed by atoms with E-state index in [2.05, 4.69) is 15.1 Å². The lowest BCUT2D eigenvalue weighted by Crippen LogP contribution is -2.34. The molecule has 0 bridgehead atoms. The number of aromatic amines is 1. The van der Waals surface area contributed by atoms with Gasteiger partial charge in [-0.1, -0.05) is 12.1 Å². The fourth-order valence-corrected chi connectivity index (χ4v) is 3.49. The van der Waals surface area contributed by atoms with Crippen LogP contribution in [-0.2, 0) is 18.4 Å². The minimum atomic E-state index is -0.815. The van der Waals surface area contributed by atoms with E-state index in [0.717, 1.165) is 29.3 Å². The van der Waals surface area contributed by atoms with Crippen LogP contribution >= 0.6 is 0 Å². The van der Waals surface area contributed by atoms with Gasteiger partial charge in [0.1, 0.15) is 5.82 Å². The van der Waals surface area contributed by atoms with Gasteiger partial charge in [0.05, 0.1) is 22.2 Å². The van der Waals surface area contributed by atoms with E-state index in [1.54, 1.807) is 11.7 Å². The molecule has 162 valence electrons. The first-order chi connectivity index (χ1) is 15.4. The highest BCUT2D eigenvalue weighted by molar-refractivity contribution is 5.94. The van der Waals surface area contributed by atoms with Crippen LogP contribution in [0.1, 0.15) is 40.8 Å².